The molecule has 13 heavy (non-hydrogen) atoms. The highest BCUT2D eigenvalue weighted by Gasteiger charge is 1.91. The Balaban J connectivity index is 2.39. The molecule has 1 atom stereocenters. The summed E-state index contributed by atoms with van der Waals surface area (Å²) in [5.74, 6) is 1.29. The summed E-state index contributed by atoms with van der Waals surface area (Å²) >= 11 is 0. The molecule has 0 fully saturated rings. The van der Waals surface area contributed by atoms with Gasteiger partial charge in [-0.1, -0.05) is 19.9 Å². The molecule has 3 heteroatoms. The van der Waals surface area contributed by atoms with Crippen molar-refractivity contribution in [1.29, 1.82) is 0 Å². The molecule has 3 nitrogen and oxygen atoms in total. The molecule has 0 aliphatic heterocycles. The highest BCUT2D eigenvalue weighted by atomic mass is 15.3. The minimum absolute atomic E-state index is 0.510. The standard InChI is InChI=1S/C10H15N3/c1-3-9(2)8-12-13-10-6-4-5-7-11-10/h4-9H,3H2,1-2H3,(H,11,13)/b12-8+. The van der Waals surface area contributed by atoms with Gasteiger partial charge in [-0.05, 0) is 24.5 Å². The van der Waals surface area contributed by atoms with Crippen LogP contribution in [0.5, 0.6) is 0 Å². The summed E-state index contributed by atoms with van der Waals surface area (Å²) < 4.78 is 0. The molecule has 1 aromatic heterocycles. The molecule has 1 aromatic rings. The third kappa shape index (κ3) is 3.69. The van der Waals surface area contributed by atoms with E-state index in [1.807, 2.05) is 24.4 Å². The van der Waals surface area contributed by atoms with E-state index in [0.29, 0.717) is 5.92 Å². The Bertz CT molecular complexity index is 256. The lowest BCUT2D eigenvalue weighted by Crippen LogP contribution is -1.97. The fourth-order valence-corrected chi connectivity index (χ4v) is 0.765. The van der Waals surface area contributed by atoms with Gasteiger partial charge in [-0.25, -0.2) is 4.98 Å². The Morgan fingerprint density at radius 1 is 1.62 bits per heavy atom. The van der Waals surface area contributed by atoms with Crippen LogP contribution in [0, 0.1) is 5.92 Å². The predicted molar refractivity (Wildman–Crippen MR) is 55.8 cm³/mol. The molecule has 70 valence electrons. The second-order valence-electron chi connectivity index (χ2n) is 2.99. The topological polar surface area (TPSA) is 37.3 Å². The molecule has 0 aromatic carbocycles. The van der Waals surface area contributed by atoms with Crippen molar-refractivity contribution in [1.82, 2.24) is 4.98 Å². The van der Waals surface area contributed by atoms with Crippen LogP contribution in [-0.2, 0) is 0 Å². The monoisotopic (exact) mass is 177 g/mol. The summed E-state index contributed by atoms with van der Waals surface area (Å²) in [6.07, 6.45) is 4.74. The van der Waals surface area contributed by atoms with Crippen LogP contribution in [-0.4, -0.2) is 11.2 Å². The maximum absolute atomic E-state index is 4.08. The van der Waals surface area contributed by atoms with Gasteiger partial charge in [-0.2, -0.15) is 5.10 Å². The van der Waals surface area contributed by atoms with Crippen LogP contribution in [0.2, 0.25) is 0 Å². The molecular formula is C10H15N3. The van der Waals surface area contributed by atoms with Gasteiger partial charge in [0.05, 0.1) is 0 Å². The molecule has 1 unspecified atom stereocenters. The summed E-state index contributed by atoms with van der Waals surface area (Å²) in [5, 5.41) is 4.07. The van der Waals surface area contributed by atoms with Crippen molar-refractivity contribution in [3.63, 3.8) is 0 Å². The van der Waals surface area contributed by atoms with Crippen molar-refractivity contribution in [2.24, 2.45) is 11.0 Å². The van der Waals surface area contributed by atoms with E-state index >= 15 is 0 Å². The van der Waals surface area contributed by atoms with Gasteiger partial charge in [0.2, 0.25) is 0 Å². The Morgan fingerprint density at radius 2 is 2.46 bits per heavy atom. The molecule has 1 rings (SSSR count). The molecule has 0 saturated heterocycles. The second kappa shape index (κ2) is 5.30. The highest BCUT2D eigenvalue weighted by Crippen LogP contribution is 2.00. The Morgan fingerprint density at radius 3 is 3.08 bits per heavy atom. The van der Waals surface area contributed by atoms with Crippen molar-refractivity contribution >= 4 is 12.0 Å². The number of anilines is 1. The predicted octanol–water partition coefficient (Wildman–Crippen LogP) is 2.53. The van der Waals surface area contributed by atoms with Crippen LogP contribution < -0.4 is 5.43 Å². The van der Waals surface area contributed by atoms with Crippen molar-refractivity contribution in [3.05, 3.63) is 24.4 Å². The van der Waals surface area contributed by atoms with Gasteiger partial charge in [0.1, 0.15) is 5.82 Å². The first kappa shape index (κ1) is 9.71. The van der Waals surface area contributed by atoms with Crippen molar-refractivity contribution < 1.29 is 0 Å². The van der Waals surface area contributed by atoms with E-state index < -0.39 is 0 Å². The lowest BCUT2D eigenvalue weighted by molar-refractivity contribution is 0.753. The number of rotatable bonds is 4. The number of aromatic nitrogens is 1. The fourth-order valence-electron chi connectivity index (χ4n) is 0.765. The number of pyridine rings is 1. The normalized spacial score (nSPS) is 13.1. The third-order valence-corrected chi connectivity index (χ3v) is 1.82. The molecule has 0 aliphatic rings. The van der Waals surface area contributed by atoms with Gasteiger partial charge >= 0.3 is 0 Å². The number of hydrazone groups is 1. The largest absolute Gasteiger partial charge is 0.262 e. The quantitative estimate of drug-likeness (QED) is 0.566. The minimum atomic E-state index is 0.510. The zero-order chi connectivity index (χ0) is 9.52. The van der Waals surface area contributed by atoms with E-state index in [0.717, 1.165) is 12.2 Å². The number of hydrogen-bond acceptors (Lipinski definition) is 3. The van der Waals surface area contributed by atoms with Crippen molar-refractivity contribution in [3.8, 4) is 0 Å². The zero-order valence-corrected chi connectivity index (χ0v) is 8.07. The van der Waals surface area contributed by atoms with E-state index in [4.69, 9.17) is 0 Å². The SMILES string of the molecule is CCC(C)/C=N/Nc1ccccn1. The summed E-state index contributed by atoms with van der Waals surface area (Å²) in [6, 6.07) is 5.69. The number of nitrogens with one attached hydrogen (secondary N) is 1. The van der Waals surface area contributed by atoms with Crippen LogP contribution >= 0.6 is 0 Å². The minimum Gasteiger partial charge on any atom is -0.262 e. The van der Waals surface area contributed by atoms with Crippen LogP contribution in [0.1, 0.15) is 20.3 Å². The summed E-state index contributed by atoms with van der Waals surface area (Å²) in [6.45, 7) is 4.26. The lowest BCUT2D eigenvalue weighted by atomic mass is 10.1. The fraction of sp³-hybridized carbons (Fsp3) is 0.400. The Hall–Kier alpha value is -1.38. The van der Waals surface area contributed by atoms with E-state index in [-0.39, 0.29) is 0 Å². The van der Waals surface area contributed by atoms with Gasteiger partial charge < -0.3 is 0 Å². The van der Waals surface area contributed by atoms with E-state index in [1.165, 1.54) is 0 Å². The smallest absolute Gasteiger partial charge is 0.146 e. The molecule has 0 bridgehead atoms. The van der Waals surface area contributed by atoms with E-state index in [9.17, 15) is 0 Å². The van der Waals surface area contributed by atoms with Crippen LogP contribution in [0.4, 0.5) is 5.82 Å². The maximum Gasteiger partial charge on any atom is 0.146 e. The average Bonchev–Trinajstić information content (AvgIpc) is 2.19. The average molecular weight is 177 g/mol. The summed E-state index contributed by atoms with van der Waals surface area (Å²) in [4.78, 5) is 4.08. The van der Waals surface area contributed by atoms with E-state index in [2.05, 4.69) is 29.4 Å². The molecule has 1 heterocycles. The van der Waals surface area contributed by atoms with Gasteiger partial charge in [-0.3, -0.25) is 5.43 Å². The molecule has 0 amide bonds. The van der Waals surface area contributed by atoms with Gasteiger partial charge in [0.15, 0.2) is 0 Å². The summed E-state index contributed by atoms with van der Waals surface area (Å²) in [7, 11) is 0. The molecule has 0 aliphatic carbocycles. The number of hydrogen-bond donors (Lipinski definition) is 1. The van der Waals surface area contributed by atoms with Gasteiger partial charge in [-0.15, -0.1) is 0 Å². The lowest BCUT2D eigenvalue weighted by Gasteiger charge is -2.00. The first-order valence-electron chi connectivity index (χ1n) is 4.53. The molecule has 1 N–H and O–H groups in total. The number of nitrogens with zero attached hydrogens (tertiary/aromatic N) is 2. The van der Waals surface area contributed by atoms with Crippen LogP contribution in [0.3, 0.4) is 0 Å². The van der Waals surface area contributed by atoms with Gasteiger partial charge in [0, 0.05) is 12.4 Å². The molecule has 0 spiro atoms. The Labute approximate surface area is 78.9 Å². The first-order chi connectivity index (χ1) is 6.33. The molecule has 0 saturated carbocycles. The highest BCUT2D eigenvalue weighted by molar-refractivity contribution is 5.61. The van der Waals surface area contributed by atoms with Gasteiger partial charge in [0.25, 0.3) is 0 Å². The summed E-state index contributed by atoms with van der Waals surface area (Å²) in [5.41, 5.74) is 2.87. The zero-order valence-electron chi connectivity index (χ0n) is 8.07. The van der Waals surface area contributed by atoms with E-state index in [1.54, 1.807) is 6.20 Å². The first-order valence-corrected chi connectivity index (χ1v) is 4.53. The molecule has 0 radical (unpaired) electrons. The molecular weight excluding hydrogens is 162 g/mol. The maximum atomic E-state index is 4.08. The van der Waals surface area contributed by atoms with Crippen LogP contribution in [0.15, 0.2) is 29.5 Å². The Kier molecular flexibility index (Phi) is 3.96. The van der Waals surface area contributed by atoms with Crippen molar-refractivity contribution in [2.45, 2.75) is 20.3 Å². The second-order valence-corrected chi connectivity index (χ2v) is 2.99. The van der Waals surface area contributed by atoms with Crippen LogP contribution in [0.25, 0.3) is 0 Å². The van der Waals surface area contributed by atoms with Crippen molar-refractivity contribution in [2.75, 3.05) is 5.43 Å². The third-order valence-electron chi connectivity index (χ3n) is 1.82.